The lowest BCUT2D eigenvalue weighted by Crippen LogP contribution is -2.52. The first kappa shape index (κ1) is 33.3. The number of benzene rings is 2. The Kier molecular flexibility index (Phi) is 12.5. The molecule has 2 atom stereocenters. The van der Waals surface area contributed by atoms with E-state index in [-0.39, 0.29) is 24.1 Å². The van der Waals surface area contributed by atoms with Crippen LogP contribution in [0, 0.1) is 0 Å². The van der Waals surface area contributed by atoms with Crippen molar-refractivity contribution in [1.82, 2.24) is 5.32 Å². The largest absolute Gasteiger partial charge is 0.449 e. The highest BCUT2D eigenvalue weighted by atomic mass is 16.5. The van der Waals surface area contributed by atoms with Gasteiger partial charge >= 0.3 is 6.09 Å². The van der Waals surface area contributed by atoms with Crippen molar-refractivity contribution in [2.24, 2.45) is 5.73 Å². The smallest absolute Gasteiger partial charge is 0.407 e. The molecule has 1 aliphatic rings. The highest BCUT2D eigenvalue weighted by molar-refractivity contribution is 5.91. The van der Waals surface area contributed by atoms with E-state index < -0.39 is 17.2 Å². The molecule has 2 aromatic carbocycles. The molecule has 0 saturated carbocycles. The number of hydrogen-bond acceptors (Lipinski definition) is 5. The number of rotatable bonds is 18. The van der Waals surface area contributed by atoms with E-state index in [0.29, 0.717) is 19.3 Å². The average molecular weight is 575 g/mol. The second-order valence-electron chi connectivity index (χ2n) is 12.2. The van der Waals surface area contributed by atoms with E-state index in [9.17, 15) is 14.4 Å². The fraction of sp³-hybridized carbons (Fsp3) is 0.528. The molecule has 0 spiro atoms. The number of nitrogens with one attached hydrogen (secondary N) is 1. The monoisotopic (exact) mass is 574 g/mol. The van der Waals surface area contributed by atoms with Crippen LogP contribution < -0.4 is 11.1 Å². The number of ether oxygens (including phenoxy) is 1. The predicted molar refractivity (Wildman–Crippen MR) is 170 cm³/mol. The summed E-state index contributed by atoms with van der Waals surface area (Å²) in [5, 5.41) is 2.95. The van der Waals surface area contributed by atoms with E-state index in [2.05, 4.69) is 41.7 Å². The number of nitrogens with two attached hydrogens (primary N) is 1. The lowest BCUT2D eigenvalue weighted by Gasteiger charge is -2.29. The molecule has 0 heterocycles. The summed E-state index contributed by atoms with van der Waals surface area (Å²) in [6.07, 6.45) is 13.2. The van der Waals surface area contributed by atoms with Crippen LogP contribution in [-0.2, 0) is 14.3 Å². The Morgan fingerprint density at radius 1 is 0.857 bits per heavy atom. The standard InChI is InChI=1S/C36H50N2O4/c1-5-19-33(40)36(4,25-18-12-10-8-6-7-9-11-17-24-35(3,37)27(2)39)38-34(41)42-26-32-30-22-15-13-20-28(30)29-21-14-16-23-31(29)32/h7,9,13-16,20-23,32H,5-6,8,10-12,17-19,24-26,37H2,1-4H3,(H,38,41)/b9-7-/t35-,36-/m0/s1. The fourth-order valence-corrected chi connectivity index (χ4v) is 5.73. The number of unbranched alkanes of at least 4 members (excludes halogenated alkanes) is 5. The second-order valence-corrected chi connectivity index (χ2v) is 12.2. The van der Waals surface area contributed by atoms with E-state index in [1.165, 1.54) is 11.1 Å². The summed E-state index contributed by atoms with van der Waals surface area (Å²) in [5.41, 5.74) is 9.05. The lowest BCUT2D eigenvalue weighted by molar-refractivity contribution is -0.125. The van der Waals surface area contributed by atoms with Gasteiger partial charge in [-0.15, -0.1) is 0 Å². The van der Waals surface area contributed by atoms with Crippen molar-refractivity contribution in [1.29, 1.82) is 0 Å². The number of Topliss-reactive ketones (excluding diaryl/α,β-unsaturated/α-hetero) is 2. The number of alkyl carbamates (subject to hydrolysis) is 1. The van der Waals surface area contributed by atoms with E-state index in [4.69, 9.17) is 10.5 Å². The minimum atomic E-state index is -0.935. The molecule has 228 valence electrons. The van der Waals surface area contributed by atoms with Crippen molar-refractivity contribution in [2.45, 2.75) is 115 Å². The molecule has 3 rings (SSSR count). The van der Waals surface area contributed by atoms with Crippen molar-refractivity contribution >= 4 is 17.7 Å². The average Bonchev–Trinajstić information content (AvgIpc) is 3.28. The van der Waals surface area contributed by atoms with Crippen molar-refractivity contribution in [3.8, 4) is 11.1 Å². The molecule has 3 N–H and O–H groups in total. The zero-order chi connectivity index (χ0) is 30.6. The summed E-state index contributed by atoms with van der Waals surface area (Å²) in [6.45, 7) is 7.40. The SMILES string of the molecule is CCCC(=O)[C@](C)(CCCCCC/C=C\CCC[C@](C)(N)C(C)=O)NC(=O)OCC1c2ccccc2-c2ccccc21. The van der Waals surface area contributed by atoms with Crippen LogP contribution in [-0.4, -0.2) is 35.3 Å². The first-order valence-corrected chi connectivity index (χ1v) is 15.7. The van der Waals surface area contributed by atoms with Crippen molar-refractivity contribution in [3.05, 3.63) is 71.8 Å². The Morgan fingerprint density at radius 3 is 2.02 bits per heavy atom. The van der Waals surface area contributed by atoms with Crippen LogP contribution in [0.15, 0.2) is 60.7 Å². The van der Waals surface area contributed by atoms with Crippen LogP contribution in [0.3, 0.4) is 0 Å². The summed E-state index contributed by atoms with van der Waals surface area (Å²) in [7, 11) is 0. The van der Waals surface area contributed by atoms with Crippen LogP contribution in [0.5, 0.6) is 0 Å². The number of ketones is 2. The highest BCUT2D eigenvalue weighted by Gasteiger charge is 2.35. The van der Waals surface area contributed by atoms with Crippen molar-refractivity contribution in [3.63, 3.8) is 0 Å². The maximum Gasteiger partial charge on any atom is 0.407 e. The van der Waals surface area contributed by atoms with E-state index in [0.717, 1.165) is 62.5 Å². The molecule has 42 heavy (non-hydrogen) atoms. The minimum Gasteiger partial charge on any atom is -0.449 e. The summed E-state index contributed by atoms with van der Waals surface area (Å²) in [4.78, 5) is 37.6. The van der Waals surface area contributed by atoms with Gasteiger partial charge in [0.2, 0.25) is 0 Å². The maximum atomic E-state index is 13.1. The van der Waals surface area contributed by atoms with Gasteiger partial charge in [-0.25, -0.2) is 4.79 Å². The van der Waals surface area contributed by atoms with Gasteiger partial charge in [0.05, 0.1) is 11.1 Å². The molecule has 6 nitrogen and oxygen atoms in total. The molecule has 0 aromatic heterocycles. The van der Waals surface area contributed by atoms with Gasteiger partial charge in [0.1, 0.15) is 12.4 Å². The van der Waals surface area contributed by atoms with Gasteiger partial charge in [-0.05, 0) is 88.0 Å². The van der Waals surface area contributed by atoms with Gasteiger partial charge in [0.25, 0.3) is 0 Å². The minimum absolute atomic E-state index is 0.0174. The van der Waals surface area contributed by atoms with Gasteiger partial charge in [-0.1, -0.05) is 86.9 Å². The van der Waals surface area contributed by atoms with Crippen LogP contribution in [0.25, 0.3) is 11.1 Å². The number of fused-ring (bicyclic) bond motifs is 3. The Balaban J connectivity index is 1.42. The second kappa shape index (κ2) is 15.8. The summed E-state index contributed by atoms with van der Waals surface area (Å²) in [5.74, 6) is 0.0726. The van der Waals surface area contributed by atoms with E-state index in [1.54, 1.807) is 13.8 Å². The van der Waals surface area contributed by atoms with Crippen molar-refractivity contribution in [2.75, 3.05) is 6.61 Å². The summed E-state index contributed by atoms with van der Waals surface area (Å²) < 4.78 is 5.76. The molecule has 0 bridgehead atoms. The number of allylic oxidation sites excluding steroid dienone is 2. The molecular formula is C36H50N2O4. The summed E-state index contributed by atoms with van der Waals surface area (Å²) >= 11 is 0. The van der Waals surface area contributed by atoms with Crippen molar-refractivity contribution < 1.29 is 19.1 Å². The molecule has 1 amide bonds. The molecule has 1 aliphatic carbocycles. The van der Waals surface area contributed by atoms with Crippen LogP contribution >= 0.6 is 0 Å². The molecule has 0 radical (unpaired) electrons. The van der Waals surface area contributed by atoms with Crippen LogP contribution in [0.4, 0.5) is 4.79 Å². The van der Waals surface area contributed by atoms with Crippen LogP contribution in [0.1, 0.15) is 115 Å². The molecule has 0 saturated heterocycles. The van der Waals surface area contributed by atoms with E-state index in [1.807, 2.05) is 38.1 Å². The first-order chi connectivity index (χ1) is 20.1. The number of carbonyl (C=O) groups excluding carboxylic acids is 3. The quantitative estimate of drug-likeness (QED) is 0.139. The van der Waals surface area contributed by atoms with Gasteiger partial charge in [-0.2, -0.15) is 0 Å². The molecule has 0 aliphatic heterocycles. The fourth-order valence-electron chi connectivity index (χ4n) is 5.73. The van der Waals surface area contributed by atoms with Gasteiger partial charge < -0.3 is 15.8 Å². The zero-order valence-corrected chi connectivity index (χ0v) is 26.0. The Bertz CT molecular complexity index is 1190. The third-order valence-electron chi connectivity index (χ3n) is 8.65. The third kappa shape index (κ3) is 9.12. The number of hydrogen-bond donors (Lipinski definition) is 2. The third-order valence-corrected chi connectivity index (χ3v) is 8.65. The Hall–Kier alpha value is -3.25. The van der Waals surface area contributed by atoms with Crippen LogP contribution in [0.2, 0.25) is 0 Å². The van der Waals surface area contributed by atoms with Gasteiger partial charge in [0, 0.05) is 12.3 Å². The van der Waals surface area contributed by atoms with E-state index >= 15 is 0 Å². The molecule has 0 unspecified atom stereocenters. The predicted octanol–water partition coefficient (Wildman–Crippen LogP) is 8.03. The van der Waals surface area contributed by atoms with Gasteiger partial charge in [0.15, 0.2) is 5.78 Å². The molecule has 2 aromatic rings. The van der Waals surface area contributed by atoms with Gasteiger partial charge in [-0.3, -0.25) is 9.59 Å². The maximum absolute atomic E-state index is 13.1. The first-order valence-electron chi connectivity index (χ1n) is 15.7. The molecule has 6 heteroatoms. The lowest BCUT2D eigenvalue weighted by atomic mass is 9.87. The molecule has 0 fully saturated rings. The number of amides is 1. The summed E-state index contributed by atoms with van der Waals surface area (Å²) in [6, 6.07) is 16.5. The highest BCUT2D eigenvalue weighted by Crippen LogP contribution is 2.44. The Morgan fingerprint density at radius 2 is 1.43 bits per heavy atom. The zero-order valence-electron chi connectivity index (χ0n) is 26.0. The Labute approximate surface area is 252 Å². The topological polar surface area (TPSA) is 98.5 Å². The normalized spacial score (nSPS) is 15.5. The molecular weight excluding hydrogens is 524 g/mol. The number of carbonyl (C=O) groups is 3.